The van der Waals surface area contributed by atoms with E-state index in [-0.39, 0.29) is 18.6 Å². The number of carbonyl (C=O) groups is 2. The monoisotopic (exact) mass is 419 g/mol. The van der Waals surface area contributed by atoms with Crippen LogP contribution in [-0.4, -0.2) is 54.7 Å². The summed E-state index contributed by atoms with van der Waals surface area (Å²) in [6, 6.07) is 3.44. The molecule has 0 spiro atoms. The highest BCUT2D eigenvalue weighted by molar-refractivity contribution is 6.62. The molecule has 2 heterocycles. The molecule has 164 valence electrons. The van der Waals surface area contributed by atoms with Crippen molar-refractivity contribution in [3.8, 4) is 0 Å². The molecule has 1 fully saturated rings. The average Bonchev–Trinajstić information content (AvgIpc) is 3.21. The van der Waals surface area contributed by atoms with Crippen molar-refractivity contribution in [1.29, 1.82) is 0 Å². The van der Waals surface area contributed by atoms with Crippen LogP contribution >= 0.6 is 0 Å². The number of hydrogen-bond donors (Lipinski definition) is 2. The van der Waals surface area contributed by atoms with Crippen molar-refractivity contribution in [3.05, 3.63) is 28.8 Å². The average molecular weight is 419 g/mol. The fourth-order valence-electron chi connectivity index (χ4n) is 3.65. The van der Waals surface area contributed by atoms with Gasteiger partial charge in [0.2, 0.25) is 0 Å². The molecule has 8 nitrogen and oxygen atoms in total. The topological polar surface area (TPSA) is 103 Å². The lowest BCUT2D eigenvalue weighted by atomic mass is 9.75. The predicted molar refractivity (Wildman–Crippen MR) is 110 cm³/mol. The highest BCUT2D eigenvalue weighted by Crippen LogP contribution is 2.25. The molecule has 1 aromatic rings. The lowest BCUT2D eigenvalue weighted by Crippen LogP contribution is -2.57. The number of fused-ring (bicyclic) bond motifs is 1. The van der Waals surface area contributed by atoms with E-state index in [1.807, 2.05) is 13.8 Å². The highest BCUT2D eigenvalue weighted by atomic mass is 16.7. The van der Waals surface area contributed by atoms with Crippen molar-refractivity contribution >= 4 is 24.5 Å². The van der Waals surface area contributed by atoms with Gasteiger partial charge in [0.15, 0.2) is 5.79 Å². The Balaban J connectivity index is 1.72. The minimum atomic E-state index is -1.24. The smallest absolute Gasteiger partial charge is 0.461 e. The van der Waals surface area contributed by atoms with Crippen LogP contribution < -0.4 is 10.8 Å². The van der Waals surface area contributed by atoms with Crippen LogP contribution in [0.5, 0.6) is 0 Å². The van der Waals surface area contributed by atoms with Crippen molar-refractivity contribution in [3.63, 3.8) is 0 Å². The first kappa shape index (κ1) is 22.7. The quantitative estimate of drug-likeness (QED) is 0.525. The van der Waals surface area contributed by atoms with Gasteiger partial charge in [0.25, 0.3) is 5.91 Å². The van der Waals surface area contributed by atoms with Gasteiger partial charge < -0.3 is 29.2 Å². The second-order valence-corrected chi connectivity index (χ2v) is 8.83. The third kappa shape index (κ3) is 4.39. The van der Waals surface area contributed by atoms with E-state index < -0.39 is 30.3 Å². The zero-order valence-corrected chi connectivity index (χ0v) is 18.4. The molecule has 2 aliphatic rings. The molecule has 0 aromatic heterocycles. The number of benzene rings is 1. The van der Waals surface area contributed by atoms with Gasteiger partial charge in [-0.3, -0.25) is 4.79 Å². The zero-order chi connectivity index (χ0) is 22.3. The first-order chi connectivity index (χ1) is 13.9. The van der Waals surface area contributed by atoms with Gasteiger partial charge in [-0.1, -0.05) is 19.9 Å². The molecule has 2 aliphatic heterocycles. The summed E-state index contributed by atoms with van der Waals surface area (Å²) in [5.41, 5.74) is 1.23. The normalized spacial score (nSPS) is 22.0. The minimum absolute atomic E-state index is 0.0435. The Morgan fingerprint density at radius 1 is 1.40 bits per heavy atom. The zero-order valence-electron chi connectivity index (χ0n) is 18.4. The number of nitrogens with one attached hydrogen (secondary N) is 1. The summed E-state index contributed by atoms with van der Waals surface area (Å²) in [6.45, 7) is 11.4. The van der Waals surface area contributed by atoms with E-state index >= 15 is 0 Å². The predicted octanol–water partition coefficient (Wildman–Crippen LogP) is 1.05. The van der Waals surface area contributed by atoms with E-state index in [2.05, 4.69) is 5.32 Å². The van der Waals surface area contributed by atoms with E-state index in [0.29, 0.717) is 29.8 Å². The molecule has 9 heteroatoms. The maximum Gasteiger partial charge on any atom is 0.492 e. The van der Waals surface area contributed by atoms with E-state index in [1.165, 1.54) is 0 Å². The Morgan fingerprint density at radius 2 is 2.10 bits per heavy atom. The Hall–Kier alpha value is -1.94. The molecule has 0 radical (unpaired) electrons. The first-order valence-corrected chi connectivity index (χ1v) is 10.2. The Bertz CT molecular complexity index is 841. The lowest BCUT2D eigenvalue weighted by molar-refractivity contribution is -0.164. The molecule has 1 saturated heterocycles. The minimum Gasteiger partial charge on any atom is -0.461 e. The maximum atomic E-state index is 13.1. The van der Waals surface area contributed by atoms with E-state index in [1.54, 1.807) is 39.8 Å². The van der Waals surface area contributed by atoms with Gasteiger partial charge in [-0.25, -0.2) is 4.79 Å². The number of amides is 1. The number of hydrogen-bond acceptors (Lipinski definition) is 7. The van der Waals surface area contributed by atoms with Gasteiger partial charge in [-0.2, -0.15) is 0 Å². The summed E-state index contributed by atoms with van der Waals surface area (Å²) in [4.78, 5) is 26.0. The third-order valence-electron chi connectivity index (χ3n) is 5.91. The van der Waals surface area contributed by atoms with Crippen molar-refractivity contribution in [2.45, 2.75) is 65.6 Å². The van der Waals surface area contributed by atoms with Crippen LogP contribution in [0.4, 0.5) is 0 Å². The van der Waals surface area contributed by atoms with Gasteiger partial charge in [0.05, 0.1) is 13.2 Å². The molecule has 1 aromatic carbocycles. The Labute approximate surface area is 177 Å². The van der Waals surface area contributed by atoms with Crippen LogP contribution in [0.1, 0.15) is 56.1 Å². The van der Waals surface area contributed by atoms with Gasteiger partial charge in [-0.15, -0.1) is 0 Å². The van der Waals surface area contributed by atoms with Crippen molar-refractivity contribution in [1.82, 2.24) is 5.32 Å². The molecule has 2 atom stereocenters. The molecule has 3 rings (SSSR count). The molecule has 30 heavy (non-hydrogen) atoms. The largest absolute Gasteiger partial charge is 0.492 e. The van der Waals surface area contributed by atoms with Crippen molar-refractivity contribution in [2.75, 3.05) is 13.2 Å². The SMILES string of the molecule is Cc1c(C(=O)N[C@@](C)(C(=O)OC[C@H]2COC(C)(C)O2)C(C)C)ccc2c1B(O)OC2. The van der Waals surface area contributed by atoms with Gasteiger partial charge >= 0.3 is 13.1 Å². The van der Waals surface area contributed by atoms with Crippen LogP contribution in [0.3, 0.4) is 0 Å². The molecule has 0 unspecified atom stereocenters. The molecular weight excluding hydrogens is 389 g/mol. The fraction of sp³-hybridized carbons (Fsp3) is 0.619. The second kappa shape index (κ2) is 8.30. The molecule has 0 aliphatic carbocycles. The molecule has 0 saturated carbocycles. The second-order valence-electron chi connectivity index (χ2n) is 8.83. The third-order valence-corrected chi connectivity index (χ3v) is 5.91. The number of ether oxygens (including phenoxy) is 3. The number of rotatable bonds is 6. The standard InChI is InChI=1S/C21H30BNO7/c1-12(2)21(6,19(25)27-10-15-11-28-20(4,5)30-15)23-18(24)16-8-7-14-9-29-22(26)17(14)13(16)3/h7-8,12,15,26H,9-11H2,1-6H3,(H,23,24)/t15-,21+/m0/s1. The molecule has 1 amide bonds. The summed E-state index contributed by atoms with van der Waals surface area (Å²) < 4.78 is 21.9. The fourth-order valence-corrected chi connectivity index (χ4v) is 3.65. The molecule has 2 N–H and O–H groups in total. The molecule has 0 bridgehead atoms. The summed E-state index contributed by atoms with van der Waals surface area (Å²) in [5, 5.41) is 12.9. The summed E-state index contributed by atoms with van der Waals surface area (Å²) in [7, 11) is -1.05. The first-order valence-electron chi connectivity index (χ1n) is 10.2. The highest BCUT2D eigenvalue weighted by Gasteiger charge is 2.42. The van der Waals surface area contributed by atoms with Gasteiger partial charge in [-0.05, 0) is 56.3 Å². The van der Waals surface area contributed by atoms with Crippen LogP contribution in [0.25, 0.3) is 0 Å². The Morgan fingerprint density at radius 3 is 2.70 bits per heavy atom. The van der Waals surface area contributed by atoms with E-state index in [0.717, 1.165) is 5.56 Å². The van der Waals surface area contributed by atoms with Gasteiger partial charge in [0, 0.05) is 5.56 Å². The van der Waals surface area contributed by atoms with E-state index in [4.69, 9.17) is 18.9 Å². The maximum absolute atomic E-state index is 13.1. The summed E-state index contributed by atoms with van der Waals surface area (Å²) >= 11 is 0. The van der Waals surface area contributed by atoms with Gasteiger partial charge in [0.1, 0.15) is 18.2 Å². The lowest BCUT2D eigenvalue weighted by Gasteiger charge is -2.33. The van der Waals surface area contributed by atoms with Crippen LogP contribution in [0, 0.1) is 12.8 Å². The summed E-state index contributed by atoms with van der Waals surface area (Å²) in [6.07, 6.45) is -0.350. The van der Waals surface area contributed by atoms with E-state index in [9.17, 15) is 14.6 Å². The van der Waals surface area contributed by atoms with Crippen LogP contribution in [0.15, 0.2) is 12.1 Å². The van der Waals surface area contributed by atoms with Crippen LogP contribution in [-0.2, 0) is 30.3 Å². The molecular formula is C21H30BNO7. The summed E-state index contributed by atoms with van der Waals surface area (Å²) in [5.74, 6) is -1.88. The number of carbonyl (C=O) groups excluding carboxylic acids is 2. The van der Waals surface area contributed by atoms with Crippen LogP contribution in [0.2, 0.25) is 0 Å². The van der Waals surface area contributed by atoms with Crippen molar-refractivity contribution in [2.24, 2.45) is 5.92 Å². The van der Waals surface area contributed by atoms with Crippen molar-refractivity contribution < 1.29 is 33.5 Å². The Kier molecular flexibility index (Phi) is 6.29. The number of esters is 1.